The molecule has 2 aromatic heterocycles. The average molecular weight is 658 g/mol. The number of aromatic nitrogens is 2. The maximum absolute atomic E-state index is 5.49. The number of benzene rings is 7. The maximum Gasteiger partial charge on any atom is 0.123 e. The van der Waals surface area contributed by atoms with Gasteiger partial charge in [0.15, 0.2) is 0 Å². The molecule has 0 spiro atoms. The Hall–Kier alpha value is -6.78. The van der Waals surface area contributed by atoms with Crippen molar-refractivity contribution in [3.05, 3.63) is 194 Å². The van der Waals surface area contributed by atoms with Crippen molar-refractivity contribution >= 4 is 39.0 Å². The number of anilines is 3. The lowest BCUT2D eigenvalue weighted by atomic mass is 10.0. The molecule has 0 saturated carbocycles. The number of hydrogen-bond acceptors (Lipinski definition) is 2. The van der Waals surface area contributed by atoms with Crippen LogP contribution >= 0.6 is 0 Å². The summed E-state index contributed by atoms with van der Waals surface area (Å²) in [6, 6.07) is 69.0. The molecule has 0 saturated heterocycles. The first-order valence-electron chi connectivity index (χ1n) is 17.2. The van der Waals surface area contributed by atoms with Gasteiger partial charge >= 0.3 is 0 Å². The van der Waals surface area contributed by atoms with E-state index in [0.29, 0.717) is 0 Å². The zero-order valence-corrected chi connectivity index (χ0v) is 28.2. The molecule has 9 aromatic rings. The molecule has 0 radical (unpaired) electrons. The molecule has 0 unspecified atom stereocenters. The van der Waals surface area contributed by atoms with E-state index in [1.54, 1.807) is 7.11 Å². The van der Waals surface area contributed by atoms with E-state index in [1.165, 1.54) is 16.3 Å². The fourth-order valence-corrected chi connectivity index (χ4v) is 7.17. The molecule has 7 aromatic carbocycles. The van der Waals surface area contributed by atoms with E-state index in [9.17, 15) is 0 Å². The molecule has 51 heavy (non-hydrogen) atoms. The lowest BCUT2D eigenvalue weighted by molar-refractivity contribution is 0.415. The van der Waals surface area contributed by atoms with Crippen molar-refractivity contribution in [3.63, 3.8) is 0 Å². The van der Waals surface area contributed by atoms with Crippen molar-refractivity contribution in [2.75, 3.05) is 12.0 Å². The van der Waals surface area contributed by atoms with Crippen LogP contribution in [0, 0.1) is 0 Å². The average Bonchev–Trinajstić information content (AvgIpc) is 3.78. The van der Waals surface area contributed by atoms with E-state index in [-0.39, 0.29) is 0 Å². The quantitative estimate of drug-likeness (QED) is 0.162. The minimum atomic E-state index is 0.838. The molecular formula is C47H35N3O. The van der Waals surface area contributed by atoms with Crippen molar-refractivity contribution in [2.45, 2.75) is 0 Å². The van der Waals surface area contributed by atoms with Crippen LogP contribution in [0.1, 0.15) is 0 Å². The molecule has 4 heteroatoms. The van der Waals surface area contributed by atoms with Gasteiger partial charge < -0.3 is 9.30 Å². The smallest absolute Gasteiger partial charge is 0.123 e. The van der Waals surface area contributed by atoms with Crippen LogP contribution in [0.25, 0.3) is 55.6 Å². The van der Waals surface area contributed by atoms with Gasteiger partial charge in [0, 0.05) is 33.5 Å². The molecular weight excluding hydrogens is 623 g/mol. The molecule has 4 nitrogen and oxygen atoms in total. The van der Waals surface area contributed by atoms with Crippen LogP contribution in [0.4, 0.5) is 17.2 Å². The lowest BCUT2D eigenvalue weighted by Crippen LogP contribution is -2.13. The highest BCUT2D eigenvalue weighted by molar-refractivity contribution is 5.96. The highest BCUT2D eigenvalue weighted by Gasteiger charge is 2.21. The summed E-state index contributed by atoms with van der Waals surface area (Å²) in [7, 11) is 1.70. The Labute approximate surface area is 297 Å². The first-order valence-corrected chi connectivity index (χ1v) is 17.2. The third kappa shape index (κ3) is 5.53. The summed E-state index contributed by atoms with van der Waals surface area (Å²) in [5.74, 6) is 1.91. The number of ether oxygens (including phenoxy) is 1. The van der Waals surface area contributed by atoms with Gasteiger partial charge in [0.1, 0.15) is 11.6 Å². The van der Waals surface area contributed by atoms with Crippen LogP contribution in [0.2, 0.25) is 0 Å². The molecule has 0 atom stereocenters. The molecule has 9 rings (SSSR count). The number of hydrogen-bond donors (Lipinski definition) is 0. The van der Waals surface area contributed by atoms with Gasteiger partial charge in [0.2, 0.25) is 0 Å². The molecule has 0 bridgehead atoms. The number of fused-ring (bicyclic) bond motifs is 2. The van der Waals surface area contributed by atoms with Gasteiger partial charge in [0.25, 0.3) is 0 Å². The molecule has 0 aliphatic heterocycles. The summed E-state index contributed by atoms with van der Waals surface area (Å²) >= 11 is 0. The van der Waals surface area contributed by atoms with Gasteiger partial charge in [-0.05, 0) is 108 Å². The first-order chi connectivity index (χ1) is 25.2. The van der Waals surface area contributed by atoms with Crippen molar-refractivity contribution in [1.82, 2.24) is 9.13 Å². The Bertz CT molecular complexity index is 2550. The standard InChI is InChI=1S/C47H35N3O/c1-51-43-27-25-42(26-28-43)49-45(34-14-6-2-7-15-34)32-37-23-22-36(31-46(37)49)35-24-29-44-38(30-35)33-47(50(44)41-20-12-5-13-21-41)48(39-16-8-3-9-17-39)40-18-10-4-11-19-40/h2-33H,1H3. The second-order valence-corrected chi connectivity index (χ2v) is 12.7. The minimum Gasteiger partial charge on any atom is -0.497 e. The van der Waals surface area contributed by atoms with Gasteiger partial charge in [0.05, 0.1) is 23.8 Å². The zero-order valence-electron chi connectivity index (χ0n) is 28.2. The first kappa shape index (κ1) is 30.3. The van der Waals surface area contributed by atoms with Crippen LogP contribution in [-0.4, -0.2) is 16.2 Å². The predicted octanol–water partition coefficient (Wildman–Crippen LogP) is 12.4. The van der Waals surface area contributed by atoms with E-state index < -0.39 is 0 Å². The molecule has 0 N–H and O–H groups in total. The number of rotatable bonds is 8. The summed E-state index contributed by atoms with van der Waals surface area (Å²) in [4.78, 5) is 2.34. The summed E-state index contributed by atoms with van der Waals surface area (Å²) in [5.41, 5.74) is 11.3. The van der Waals surface area contributed by atoms with E-state index in [2.05, 4.69) is 196 Å². The monoisotopic (exact) mass is 657 g/mol. The highest BCUT2D eigenvalue weighted by Crippen LogP contribution is 2.41. The topological polar surface area (TPSA) is 22.3 Å². The Kier molecular flexibility index (Phi) is 7.67. The SMILES string of the molecule is COc1ccc(-n2c(-c3ccccc3)cc3ccc(-c4ccc5c(c4)cc(N(c4ccccc4)c4ccccc4)n5-c4ccccc4)cc32)cc1. The normalized spacial score (nSPS) is 11.2. The molecule has 244 valence electrons. The molecule has 2 heterocycles. The zero-order chi connectivity index (χ0) is 34.1. The number of methoxy groups -OCH3 is 1. The van der Waals surface area contributed by atoms with E-state index in [0.717, 1.165) is 62.2 Å². The lowest BCUT2D eigenvalue weighted by Gasteiger charge is -2.26. The second kappa shape index (κ2) is 12.9. The van der Waals surface area contributed by atoms with Crippen LogP contribution in [0.3, 0.4) is 0 Å². The van der Waals surface area contributed by atoms with Crippen molar-refractivity contribution in [2.24, 2.45) is 0 Å². The van der Waals surface area contributed by atoms with Crippen LogP contribution in [0.5, 0.6) is 5.75 Å². The Morgan fingerprint density at radius 2 is 0.980 bits per heavy atom. The number of para-hydroxylation sites is 3. The van der Waals surface area contributed by atoms with Gasteiger partial charge in [-0.15, -0.1) is 0 Å². The van der Waals surface area contributed by atoms with Crippen LogP contribution in [-0.2, 0) is 0 Å². The summed E-state index contributed by atoms with van der Waals surface area (Å²) in [6.45, 7) is 0. The third-order valence-electron chi connectivity index (χ3n) is 9.59. The van der Waals surface area contributed by atoms with Crippen molar-refractivity contribution < 1.29 is 4.74 Å². The fourth-order valence-electron chi connectivity index (χ4n) is 7.17. The summed E-state index contributed by atoms with van der Waals surface area (Å²) < 4.78 is 10.2. The molecule has 0 aliphatic rings. The highest BCUT2D eigenvalue weighted by atomic mass is 16.5. The minimum absolute atomic E-state index is 0.838. The molecule has 0 amide bonds. The van der Waals surface area contributed by atoms with Crippen LogP contribution in [0.15, 0.2) is 194 Å². The molecule has 0 aliphatic carbocycles. The molecule has 0 fully saturated rings. The summed E-state index contributed by atoms with van der Waals surface area (Å²) in [6.07, 6.45) is 0. The van der Waals surface area contributed by atoms with Crippen LogP contribution < -0.4 is 9.64 Å². The summed E-state index contributed by atoms with van der Waals surface area (Å²) in [5, 5.41) is 2.35. The third-order valence-corrected chi connectivity index (χ3v) is 9.59. The Morgan fingerprint density at radius 3 is 1.63 bits per heavy atom. The maximum atomic E-state index is 5.49. The fraction of sp³-hybridized carbons (Fsp3) is 0.0213. The predicted molar refractivity (Wildman–Crippen MR) is 212 cm³/mol. The Morgan fingerprint density at radius 1 is 0.412 bits per heavy atom. The van der Waals surface area contributed by atoms with Gasteiger partial charge in [-0.25, -0.2) is 0 Å². The largest absolute Gasteiger partial charge is 0.497 e. The number of nitrogens with zero attached hydrogens (tertiary/aromatic N) is 3. The van der Waals surface area contributed by atoms with E-state index in [4.69, 9.17) is 4.74 Å². The van der Waals surface area contributed by atoms with Gasteiger partial charge in [-0.2, -0.15) is 0 Å². The second-order valence-electron chi connectivity index (χ2n) is 12.7. The van der Waals surface area contributed by atoms with E-state index in [1.807, 2.05) is 12.1 Å². The van der Waals surface area contributed by atoms with Crippen molar-refractivity contribution in [1.29, 1.82) is 0 Å². The van der Waals surface area contributed by atoms with Gasteiger partial charge in [-0.1, -0.05) is 103 Å². The Balaban J connectivity index is 1.23. The van der Waals surface area contributed by atoms with Crippen molar-refractivity contribution in [3.8, 4) is 39.5 Å². The van der Waals surface area contributed by atoms with E-state index >= 15 is 0 Å². The van der Waals surface area contributed by atoms with Gasteiger partial charge in [-0.3, -0.25) is 9.47 Å².